The van der Waals surface area contributed by atoms with Gasteiger partial charge < -0.3 is 0 Å². The van der Waals surface area contributed by atoms with Crippen LogP contribution in [0, 0.1) is 0 Å². The van der Waals surface area contributed by atoms with E-state index in [0.717, 1.165) is 6.42 Å². The summed E-state index contributed by atoms with van der Waals surface area (Å²) in [6, 6.07) is 14.9. The van der Waals surface area contributed by atoms with Crippen LogP contribution < -0.4 is 0 Å². The fraction of sp³-hybridized carbons (Fsp3) is 0.143. The minimum atomic E-state index is 0.0889. The monoisotopic (exact) mass is 278 g/mol. The van der Waals surface area contributed by atoms with Gasteiger partial charge >= 0.3 is 0 Å². The van der Waals surface area contributed by atoms with Crippen molar-refractivity contribution in [2.24, 2.45) is 0 Å². The molecule has 0 N–H and O–H groups in total. The van der Waals surface area contributed by atoms with Gasteiger partial charge in [0.2, 0.25) is 0 Å². The zero-order chi connectivity index (χ0) is 11.7. The number of thiophene rings is 2. The van der Waals surface area contributed by atoms with Crippen molar-refractivity contribution in [3.8, 4) is 0 Å². The SMILES string of the molecule is ClC(Cc1cccs1)c1cc2ccccc2s1. The van der Waals surface area contributed by atoms with Gasteiger partial charge in [0, 0.05) is 20.9 Å². The smallest absolute Gasteiger partial charge is 0.0727 e. The Balaban J connectivity index is 1.88. The van der Waals surface area contributed by atoms with Gasteiger partial charge in [-0.15, -0.1) is 34.3 Å². The van der Waals surface area contributed by atoms with Crippen LogP contribution in [0.3, 0.4) is 0 Å². The van der Waals surface area contributed by atoms with Crippen molar-refractivity contribution >= 4 is 44.4 Å². The van der Waals surface area contributed by atoms with Crippen molar-refractivity contribution in [1.29, 1.82) is 0 Å². The van der Waals surface area contributed by atoms with Crippen molar-refractivity contribution in [2.45, 2.75) is 11.8 Å². The van der Waals surface area contributed by atoms with Crippen molar-refractivity contribution < 1.29 is 0 Å². The molecule has 3 rings (SSSR count). The summed E-state index contributed by atoms with van der Waals surface area (Å²) in [5.74, 6) is 0. The standard InChI is InChI=1S/C14H11ClS2/c15-12(9-11-5-3-7-16-11)14-8-10-4-1-2-6-13(10)17-14/h1-8,12H,9H2. The second-order valence-electron chi connectivity index (χ2n) is 3.94. The first-order valence-electron chi connectivity index (χ1n) is 5.48. The molecule has 0 fully saturated rings. The second-order valence-corrected chi connectivity index (χ2v) is 6.61. The zero-order valence-corrected chi connectivity index (χ0v) is 11.5. The highest BCUT2D eigenvalue weighted by molar-refractivity contribution is 7.19. The van der Waals surface area contributed by atoms with Crippen LogP contribution in [-0.2, 0) is 6.42 Å². The van der Waals surface area contributed by atoms with Gasteiger partial charge in [0.1, 0.15) is 0 Å². The van der Waals surface area contributed by atoms with Gasteiger partial charge in [-0.25, -0.2) is 0 Å². The Labute approximate surface area is 113 Å². The molecule has 2 heterocycles. The van der Waals surface area contributed by atoms with Gasteiger partial charge in [0.25, 0.3) is 0 Å². The van der Waals surface area contributed by atoms with Crippen LogP contribution in [0.2, 0.25) is 0 Å². The lowest BCUT2D eigenvalue weighted by Gasteiger charge is -2.04. The molecule has 0 radical (unpaired) electrons. The third-order valence-corrected chi connectivity index (χ3v) is 5.36. The van der Waals surface area contributed by atoms with Crippen molar-refractivity contribution in [2.75, 3.05) is 0 Å². The van der Waals surface area contributed by atoms with Crippen LogP contribution in [0.4, 0.5) is 0 Å². The molecular weight excluding hydrogens is 268 g/mol. The molecule has 0 aliphatic heterocycles. The van der Waals surface area contributed by atoms with E-state index in [-0.39, 0.29) is 5.38 Å². The molecule has 0 bridgehead atoms. The average molecular weight is 279 g/mol. The highest BCUT2D eigenvalue weighted by atomic mass is 35.5. The maximum atomic E-state index is 6.49. The molecule has 1 aromatic carbocycles. The number of alkyl halides is 1. The highest BCUT2D eigenvalue weighted by Gasteiger charge is 2.12. The Morgan fingerprint density at radius 3 is 2.76 bits per heavy atom. The lowest BCUT2D eigenvalue weighted by atomic mass is 10.2. The lowest BCUT2D eigenvalue weighted by molar-refractivity contribution is 0.961. The maximum Gasteiger partial charge on any atom is 0.0727 e. The minimum Gasteiger partial charge on any atom is -0.149 e. The number of hydrogen-bond acceptors (Lipinski definition) is 2. The van der Waals surface area contributed by atoms with Crippen LogP contribution in [0.15, 0.2) is 47.8 Å². The molecule has 3 heteroatoms. The first-order valence-corrected chi connectivity index (χ1v) is 7.61. The number of benzene rings is 1. The van der Waals surface area contributed by atoms with E-state index < -0.39 is 0 Å². The van der Waals surface area contributed by atoms with E-state index in [1.165, 1.54) is 19.8 Å². The normalized spacial score (nSPS) is 13.0. The Kier molecular flexibility index (Phi) is 3.19. The molecule has 86 valence electrons. The van der Waals surface area contributed by atoms with Crippen molar-refractivity contribution in [3.63, 3.8) is 0 Å². The summed E-state index contributed by atoms with van der Waals surface area (Å²) in [7, 11) is 0. The van der Waals surface area contributed by atoms with Crippen LogP contribution in [0.25, 0.3) is 10.1 Å². The molecule has 0 spiro atoms. The van der Waals surface area contributed by atoms with Crippen molar-refractivity contribution in [3.05, 3.63) is 57.6 Å². The van der Waals surface area contributed by atoms with Crippen LogP contribution >= 0.6 is 34.3 Å². The molecular formula is C14H11ClS2. The molecule has 0 saturated heterocycles. The van der Waals surface area contributed by atoms with Crippen LogP contribution in [0.1, 0.15) is 15.1 Å². The topological polar surface area (TPSA) is 0 Å². The summed E-state index contributed by atoms with van der Waals surface area (Å²) < 4.78 is 1.32. The van der Waals surface area contributed by atoms with Gasteiger partial charge in [0.05, 0.1) is 5.38 Å². The highest BCUT2D eigenvalue weighted by Crippen LogP contribution is 2.35. The number of hydrogen-bond donors (Lipinski definition) is 0. The van der Waals surface area contributed by atoms with E-state index in [0.29, 0.717) is 0 Å². The Hall–Kier alpha value is -0.830. The average Bonchev–Trinajstić information content (AvgIpc) is 2.96. The quantitative estimate of drug-likeness (QED) is 0.556. The summed E-state index contributed by atoms with van der Waals surface area (Å²) in [6.45, 7) is 0. The molecule has 3 aromatic rings. The summed E-state index contributed by atoms with van der Waals surface area (Å²) >= 11 is 10.1. The van der Waals surface area contributed by atoms with Gasteiger partial charge in [-0.05, 0) is 29.0 Å². The van der Waals surface area contributed by atoms with E-state index in [1.54, 1.807) is 22.7 Å². The number of fused-ring (bicyclic) bond motifs is 1. The van der Waals surface area contributed by atoms with E-state index >= 15 is 0 Å². The summed E-state index contributed by atoms with van der Waals surface area (Å²) in [5, 5.41) is 3.49. The van der Waals surface area contributed by atoms with E-state index in [9.17, 15) is 0 Å². The van der Waals surface area contributed by atoms with Crippen LogP contribution in [-0.4, -0.2) is 0 Å². The third kappa shape index (κ3) is 2.39. The summed E-state index contributed by atoms with van der Waals surface area (Å²) in [6.07, 6.45) is 0.923. The first kappa shape index (κ1) is 11.3. The molecule has 0 nitrogen and oxygen atoms in total. The second kappa shape index (κ2) is 4.81. The summed E-state index contributed by atoms with van der Waals surface area (Å²) in [4.78, 5) is 2.61. The van der Waals surface area contributed by atoms with E-state index in [1.807, 2.05) is 0 Å². The number of rotatable bonds is 3. The molecule has 2 aromatic heterocycles. The molecule has 1 unspecified atom stereocenters. The largest absolute Gasteiger partial charge is 0.149 e. The van der Waals surface area contributed by atoms with Gasteiger partial charge in [-0.1, -0.05) is 24.3 Å². The maximum absolute atomic E-state index is 6.49. The predicted octanol–water partition coefficient (Wildman–Crippen LogP) is 5.49. The van der Waals surface area contributed by atoms with Gasteiger partial charge in [-0.2, -0.15) is 0 Å². The fourth-order valence-electron chi connectivity index (χ4n) is 1.86. The van der Waals surface area contributed by atoms with E-state index in [2.05, 4.69) is 47.8 Å². The fourth-order valence-corrected chi connectivity index (χ4v) is 4.11. The zero-order valence-electron chi connectivity index (χ0n) is 9.10. The molecule has 0 saturated carbocycles. The van der Waals surface area contributed by atoms with Crippen molar-refractivity contribution in [1.82, 2.24) is 0 Å². The molecule has 1 atom stereocenters. The van der Waals surface area contributed by atoms with Crippen LogP contribution in [0.5, 0.6) is 0 Å². The molecule has 0 amide bonds. The molecule has 17 heavy (non-hydrogen) atoms. The summed E-state index contributed by atoms with van der Waals surface area (Å²) in [5.41, 5.74) is 0. The minimum absolute atomic E-state index is 0.0889. The number of halogens is 1. The molecule has 0 aliphatic carbocycles. The third-order valence-electron chi connectivity index (χ3n) is 2.71. The molecule has 0 aliphatic rings. The lowest BCUT2D eigenvalue weighted by Crippen LogP contribution is -1.89. The Morgan fingerprint density at radius 1 is 1.12 bits per heavy atom. The van der Waals surface area contributed by atoms with E-state index in [4.69, 9.17) is 11.6 Å². The Morgan fingerprint density at radius 2 is 2.00 bits per heavy atom. The van der Waals surface area contributed by atoms with Gasteiger partial charge in [-0.3, -0.25) is 0 Å². The predicted molar refractivity (Wildman–Crippen MR) is 78.4 cm³/mol. The first-order chi connectivity index (χ1) is 8.33. The van der Waals surface area contributed by atoms with Gasteiger partial charge in [0.15, 0.2) is 0 Å². The Bertz CT molecular complexity index is 577.